The highest BCUT2D eigenvalue weighted by Crippen LogP contribution is 2.08. The minimum absolute atomic E-state index is 0.251. The van der Waals surface area contributed by atoms with Gasteiger partial charge in [-0.2, -0.15) is 0 Å². The summed E-state index contributed by atoms with van der Waals surface area (Å²) >= 11 is 0. The van der Waals surface area contributed by atoms with Crippen molar-refractivity contribution in [1.82, 2.24) is 15.8 Å². The van der Waals surface area contributed by atoms with Gasteiger partial charge in [0.15, 0.2) is 0 Å². The lowest BCUT2D eigenvalue weighted by molar-refractivity contribution is 0.0931. The predicted octanol–water partition coefficient (Wildman–Crippen LogP) is 2.58. The van der Waals surface area contributed by atoms with Crippen molar-refractivity contribution in [2.75, 3.05) is 20.2 Å². The minimum atomic E-state index is -0.519. The molecule has 0 saturated heterocycles. The lowest BCUT2D eigenvalue weighted by Gasteiger charge is -2.18. The van der Waals surface area contributed by atoms with E-state index in [1.54, 1.807) is 7.05 Å². The number of carbonyl (C=O) groups is 2. The highest BCUT2D eigenvalue weighted by Gasteiger charge is 2.10. The van der Waals surface area contributed by atoms with Crippen LogP contribution in [0.3, 0.4) is 0 Å². The van der Waals surface area contributed by atoms with Crippen LogP contribution in [0.15, 0.2) is 54.6 Å². The van der Waals surface area contributed by atoms with Crippen LogP contribution in [0.2, 0.25) is 0 Å². The Kier molecular flexibility index (Phi) is 6.76. The first-order valence-electron chi connectivity index (χ1n) is 7.81. The molecule has 0 fully saturated rings. The Morgan fingerprint density at radius 1 is 1.04 bits per heavy atom. The van der Waals surface area contributed by atoms with Gasteiger partial charge in [0.05, 0.1) is 6.61 Å². The maximum absolute atomic E-state index is 12.8. The van der Waals surface area contributed by atoms with Crippen molar-refractivity contribution in [3.63, 3.8) is 0 Å². The van der Waals surface area contributed by atoms with Gasteiger partial charge in [0.2, 0.25) is 0 Å². The molecule has 0 aliphatic carbocycles. The van der Waals surface area contributed by atoms with Gasteiger partial charge >= 0.3 is 6.03 Å². The van der Waals surface area contributed by atoms with Crippen LogP contribution in [-0.4, -0.2) is 37.0 Å². The van der Waals surface area contributed by atoms with E-state index in [1.165, 1.54) is 29.2 Å². The van der Waals surface area contributed by atoms with Crippen molar-refractivity contribution in [3.05, 3.63) is 66.0 Å². The van der Waals surface area contributed by atoms with Crippen molar-refractivity contribution < 1.29 is 18.7 Å². The number of carbonyl (C=O) groups excluding carboxylic acids is 2. The SMILES string of the molecule is CN(CCCOc1ccccc1)C(=O)NNC(=O)c1ccc(F)cc1. The molecule has 2 N–H and O–H groups in total. The lowest BCUT2D eigenvalue weighted by Crippen LogP contribution is -2.47. The Hall–Kier alpha value is -3.09. The van der Waals surface area contributed by atoms with E-state index in [4.69, 9.17) is 4.74 Å². The van der Waals surface area contributed by atoms with Gasteiger partial charge < -0.3 is 9.64 Å². The molecule has 25 heavy (non-hydrogen) atoms. The molecule has 2 aromatic rings. The van der Waals surface area contributed by atoms with E-state index in [0.717, 1.165) is 5.75 Å². The minimum Gasteiger partial charge on any atom is -0.494 e. The molecule has 7 heteroatoms. The Bertz CT molecular complexity index is 692. The van der Waals surface area contributed by atoms with E-state index in [2.05, 4.69) is 10.9 Å². The zero-order chi connectivity index (χ0) is 18.1. The fourth-order valence-corrected chi connectivity index (χ4v) is 1.99. The summed E-state index contributed by atoms with van der Waals surface area (Å²) in [5.74, 6) is -0.173. The van der Waals surface area contributed by atoms with Gasteiger partial charge in [0.25, 0.3) is 5.91 Å². The van der Waals surface area contributed by atoms with E-state index >= 15 is 0 Å². The van der Waals surface area contributed by atoms with Crippen LogP contribution >= 0.6 is 0 Å². The fraction of sp³-hybridized carbons (Fsp3) is 0.222. The Balaban J connectivity index is 1.66. The van der Waals surface area contributed by atoms with Gasteiger partial charge in [0, 0.05) is 19.2 Å². The summed E-state index contributed by atoms with van der Waals surface area (Å²) in [6.45, 7) is 0.939. The third-order valence-electron chi connectivity index (χ3n) is 3.39. The number of halogens is 1. The Morgan fingerprint density at radius 3 is 2.40 bits per heavy atom. The van der Waals surface area contributed by atoms with Gasteiger partial charge in [-0.05, 0) is 42.8 Å². The molecule has 0 saturated carbocycles. The molecule has 0 aromatic heterocycles. The first kappa shape index (κ1) is 18.3. The van der Waals surface area contributed by atoms with Crippen molar-refractivity contribution in [3.8, 4) is 5.75 Å². The number of nitrogens with zero attached hydrogens (tertiary/aromatic N) is 1. The van der Waals surface area contributed by atoms with E-state index < -0.39 is 17.8 Å². The quantitative estimate of drug-likeness (QED) is 0.624. The van der Waals surface area contributed by atoms with Crippen LogP contribution in [0.1, 0.15) is 16.8 Å². The number of hydrogen-bond acceptors (Lipinski definition) is 3. The zero-order valence-electron chi connectivity index (χ0n) is 13.9. The predicted molar refractivity (Wildman–Crippen MR) is 91.6 cm³/mol. The second-order valence-corrected chi connectivity index (χ2v) is 5.33. The zero-order valence-corrected chi connectivity index (χ0v) is 13.9. The molecule has 3 amide bonds. The maximum atomic E-state index is 12.8. The van der Waals surface area contributed by atoms with Gasteiger partial charge in [-0.25, -0.2) is 14.6 Å². The summed E-state index contributed by atoms with van der Waals surface area (Å²) in [5.41, 5.74) is 4.84. The fourth-order valence-electron chi connectivity index (χ4n) is 1.99. The van der Waals surface area contributed by atoms with Crippen LogP contribution in [0.4, 0.5) is 9.18 Å². The summed E-state index contributed by atoms with van der Waals surface area (Å²) < 4.78 is 18.4. The number of hydrazine groups is 1. The molecule has 0 aliphatic heterocycles. The molecule has 132 valence electrons. The van der Waals surface area contributed by atoms with Crippen LogP contribution in [0, 0.1) is 5.82 Å². The van der Waals surface area contributed by atoms with Crippen LogP contribution < -0.4 is 15.6 Å². The van der Waals surface area contributed by atoms with Crippen LogP contribution in [0.5, 0.6) is 5.75 Å². The molecular weight excluding hydrogens is 325 g/mol. The van der Waals surface area contributed by atoms with Gasteiger partial charge in [0.1, 0.15) is 11.6 Å². The molecule has 0 bridgehead atoms. The molecule has 2 rings (SSSR count). The van der Waals surface area contributed by atoms with Gasteiger partial charge in [-0.3, -0.25) is 10.2 Å². The monoisotopic (exact) mass is 345 g/mol. The molecule has 0 heterocycles. The topological polar surface area (TPSA) is 70.7 Å². The van der Waals surface area contributed by atoms with E-state index in [-0.39, 0.29) is 5.56 Å². The summed E-state index contributed by atoms with van der Waals surface area (Å²) in [6, 6.07) is 14.0. The van der Waals surface area contributed by atoms with E-state index in [1.807, 2.05) is 30.3 Å². The molecule has 0 unspecified atom stereocenters. The molecule has 0 spiro atoms. The van der Waals surface area contributed by atoms with Gasteiger partial charge in [-0.1, -0.05) is 18.2 Å². The summed E-state index contributed by atoms with van der Waals surface area (Å²) in [5, 5.41) is 0. The summed E-state index contributed by atoms with van der Waals surface area (Å²) in [4.78, 5) is 25.1. The van der Waals surface area contributed by atoms with Gasteiger partial charge in [-0.15, -0.1) is 0 Å². The lowest BCUT2D eigenvalue weighted by atomic mass is 10.2. The number of para-hydroxylation sites is 1. The average Bonchev–Trinajstić information content (AvgIpc) is 2.64. The molecule has 0 atom stereocenters. The Labute approximate surface area is 145 Å². The van der Waals surface area contributed by atoms with E-state index in [0.29, 0.717) is 19.6 Å². The normalized spacial score (nSPS) is 10.0. The molecule has 0 aliphatic rings. The number of benzene rings is 2. The number of hydrogen-bond donors (Lipinski definition) is 2. The second kappa shape index (κ2) is 9.27. The third-order valence-corrected chi connectivity index (χ3v) is 3.39. The highest BCUT2D eigenvalue weighted by atomic mass is 19.1. The first-order valence-corrected chi connectivity index (χ1v) is 7.81. The summed E-state index contributed by atoms with van der Waals surface area (Å²) in [6.07, 6.45) is 0.644. The first-order chi connectivity index (χ1) is 12.1. The maximum Gasteiger partial charge on any atom is 0.335 e. The number of rotatable bonds is 6. The number of nitrogens with one attached hydrogen (secondary N) is 2. The number of ether oxygens (including phenoxy) is 1. The van der Waals surface area contributed by atoms with Crippen LogP contribution in [0.25, 0.3) is 0 Å². The van der Waals surface area contributed by atoms with Crippen molar-refractivity contribution in [2.24, 2.45) is 0 Å². The Morgan fingerprint density at radius 2 is 1.72 bits per heavy atom. The summed E-state index contributed by atoms with van der Waals surface area (Å²) in [7, 11) is 1.61. The van der Waals surface area contributed by atoms with Crippen LogP contribution in [-0.2, 0) is 0 Å². The second-order valence-electron chi connectivity index (χ2n) is 5.33. The highest BCUT2D eigenvalue weighted by molar-refractivity contribution is 5.95. The average molecular weight is 345 g/mol. The van der Waals surface area contributed by atoms with Crippen molar-refractivity contribution in [1.29, 1.82) is 0 Å². The molecule has 0 radical (unpaired) electrons. The van der Waals surface area contributed by atoms with Crippen molar-refractivity contribution >= 4 is 11.9 Å². The third kappa shape index (κ3) is 6.14. The van der Waals surface area contributed by atoms with Crippen molar-refractivity contribution in [2.45, 2.75) is 6.42 Å². The molecule has 2 aromatic carbocycles. The standard InChI is InChI=1S/C18H20FN3O3/c1-22(12-5-13-25-16-6-3-2-4-7-16)18(24)21-20-17(23)14-8-10-15(19)11-9-14/h2-4,6-11H,5,12-13H2,1H3,(H,20,23)(H,21,24). The van der Waals surface area contributed by atoms with E-state index in [9.17, 15) is 14.0 Å². The number of amides is 3. The molecule has 6 nitrogen and oxygen atoms in total. The smallest absolute Gasteiger partial charge is 0.335 e. The largest absolute Gasteiger partial charge is 0.494 e. The number of urea groups is 1. The molecular formula is C18H20FN3O3.